The first kappa shape index (κ1) is 25.0. The Morgan fingerprint density at radius 2 is 2.03 bits per heavy atom. The van der Waals surface area contributed by atoms with Crippen LogP contribution in [-0.4, -0.2) is 40.5 Å². The minimum atomic E-state index is -0.396. The van der Waals surface area contributed by atoms with Gasteiger partial charge in [0.25, 0.3) is 5.91 Å². The summed E-state index contributed by atoms with van der Waals surface area (Å²) >= 11 is 10.1. The molecule has 3 aromatic rings. The fraction of sp³-hybridized carbons (Fsp3) is 0.391. The molecule has 0 saturated heterocycles. The number of rotatable bonds is 8. The summed E-state index contributed by atoms with van der Waals surface area (Å²) in [5, 5.41) is 4.02. The van der Waals surface area contributed by atoms with Crippen molar-refractivity contribution < 1.29 is 19.1 Å². The fourth-order valence-electron chi connectivity index (χ4n) is 3.88. The number of carbonyl (C=O) groups is 3. The Balaban J connectivity index is 1.38. The predicted molar refractivity (Wildman–Crippen MR) is 139 cm³/mol. The second kappa shape index (κ2) is 11.1. The monoisotopic (exact) mass is 537 g/mol. The average molecular weight is 538 g/mol. The Kier molecular flexibility index (Phi) is 8.13. The maximum absolute atomic E-state index is 12.5. The summed E-state index contributed by atoms with van der Waals surface area (Å²) in [4.78, 5) is 43.4. The number of thioether (sulfide) groups is 1. The summed E-state index contributed by atoms with van der Waals surface area (Å²) in [5.74, 6) is -0.796. The van der Waals surface area contributed by atoms with Crippen LogP contribution in [0.25, 0.3) is 10.2 Å². The van der Waals surface area contributed by atoms with Gasteiger partial charge in [0.1, 0.15) is 5.00 Å². The van der Waals surface area contributed by atoms with Crippen LogP contribution in [0.1, 0.15) is 41.1 Å². The number of nitrogens with one attached hydrogen (secondary N) is 1. The third-order valence-electron chi connectivity index (χ3n) is 5.29. The zero-order valence-corrected chi connectivity index (χ0v) is 22.0. The van der Waals surface area contributed by atoms with Crippen LogP contribution in [0, 0.1) is 0 Å². The molecule has 0 radical (unpaired) electrons. The van der Waals surface area contributed by atoms with E-state index < -0.39 is 5.97 Å². The third kappa shape index (κ3) is 5.40. The standard InChI is InChI=1S/C23H24ClN3O4S3/c1-3-27-15-9-8-13(24)10-17(15)34-23(27)26-19(29)12-32-11-18(28)25-21-20(22(30)31-4-2)14-6-5-7-16(14)33-21/h8-10H,3-7,11-12H2,1-2H3,(H,25,28). The van der Waals surface area contributed by atoms with Gasteiger partial charge in [0.05, 0.1) is 33.9 Å². The van der Waals surface area contributed by atoms with Gasteiger partial charge in [-0.3, -0.25) is 9.59 Å². The van der Waals surface area contributed by atoms with Crippen LogP contribution in [0.15, 0.2) is 23.2 Å². The average Bonchev–Trinajstić information content (AvgIpc) is 3.45. The van der Waals surface area contributed by atoms with Crippen LogP contribution in [-0.2, 0) is 33.7 Å². The van der Waals surface area contributed by atoms with Crippen LogP contribution >= 0.6 is 46.0 Å². The number of amides is 2. The summed E-state index contributed by atoms with van der Waals surface area (Å²) in [6.07, 6.45) is 2.74. The van der Waals surface area contributed by atoms with Gasteiger partial charge in [-0.1, -0.05) is 22.9 Å². The van der Waals surface area contributed by atoms with Gasteiger partial charge in [0, 0.05) is 16.4 Å². The van der Waals surface area contributed by atoms with E-state index >= 15 is 0 Å². The number of esters is 1. The summed E-state index contributed by atoms with van der Waals surface area (Å²) in [6.45, 7) is 4.71. The third-order valence-corrected chi connectivity index (χ3v) is 8.69. The molecule has 7 nitrogen and oxygen atoms in total. The van der Waals surface area contributed by atoms with Gasteiger partial charge in [-0.25, -0.2) is 4.79 Å². The highest BCUT2D eigenvalue weighted by atomic mass is 35.5. The molecule has 2 heterocycles. The molecule has 0 atom stereocenters. The van der Waals surface area contributed by atoms with Gasteiger partial charge < -0.3 is 14.6 Å². The van der Waals surface area contributed by atoms with E-state index in [0.29, 0.717) is 26.9 Å². The highest BCUT2D eigenvalue weighted by molar-refractivity contribution is 8.00. The smallest absolute Gasteiger partial charge is 0.341 e. The van der Waals surface area contributed by atoms with Crippen molar-refractivity contribution in [2.45, 2.75) is 39.7 Å². The first-order chi connectivity index (χ1) is 16.4. The number of hydrogen-bond donors (Lipinski definition) is 1. The van der Waals surface area contributed by atoms with Gasteiger partial charge >= 0.3 is 5.97 Å². The van der Waals surface area contributed by atoms with Crippen LogP contribution in [0.5, 0.6) is 0 Å². The lowest BCUT2D eigenvalue weighted by molar-refractivity contribution is -0.115. The quantitative estimate of drug-likeness (QED) is 0.413. The molecule has 1 aromatic carbocycles. The number of aromatic nitrogens is 1. The fourth-order valence-corrected chi connectivity index (χ4v) is 7.16. The van der Waals surface area contributed by atoms with Crippen LogP contribution in [0.3, 0.4) is 0 Å². The van der Waals surface area contributed by atoms with Gasteiger partial charge in [0.2, 0.25) is 5.91 Å². The van der Waals surface area contributed by atoms with Crippen molar-refractivity contribution in [1.82, 2.24) is 4.57 Å². The number of thiophene rings is 1. The number of carbonyl (C=O) groups excluding carboxylic acids is 3. The van der Waals surface area contributed by atoms with E-state index in [4.69, 9.17) is 16.3 Å². The Morgan fingerprint density at radius 1 is 1.21 bits per heavy atom. The lowest BCUT2D eigenvalue weighted by Crippen LogP contribution is -2.19. The van der Waals surface area contributed by atoms with Crippen molar-refractivity contribution in [3.05, 3.63) is 44.0 Å². The normalized spacial score (nSPS) is 13.3. The predicted octanol–water partition coefficient (Wildman–Crippen LogP) is 4.90. The zero-order chi connectivity index (χ0) is 24.2. The minimum absolute atomic E-state index is 0.0812. The maximum atomic E-state index is 12.5. The van der Waals surface area contributed by atoms with Crippen molar-refractivity contribution in [1.29, 1.82) is 0 Å². The molecule has 34 heavy (non-hydrogen) atoms. The van der Waals surface area contributed by atoms with Crippen molar-refractivity contribution >= 4 is 79.0 Å². The number of halogens is 1. The van der Waals surface area contributed by atoms with E-state index in [1.54, 1.807) is 6.92 Å². The molecule has 4 rings (SSSR count). The van der Waals surface area contributed by atoms with E-state index in [0.717, 1.165) is 39.9 Å². The number of fused-ring (bicyclic) bond motifs is 2. The number of anilines is 1. The largest absolute Gasteiger partial charge is 0.462 e. The molecule has 180 valence electrons. The first-order valence-electron chi connectivity index (χ1n) is 11.0. The molecule has 0 unspecified atom stereocenters. The Bertz CT molecular complexity index is 1320. The molecular weight excluding hydrogens is 514 g/mol. The highest BCUT2D eigenvalue weighted by Gasteiger charge is 2.28. The molecule has 1 aliphatic carbocycles. The summed E-state index contributed by atoms with van der Waals surface area (Å²) in [6, 6.07) is 5.60. The van der Waals surface area contributed by atoms with Crippen LogP contribution in [0.4, 0.5) is 5.00 Å². The maximum Gasteiger partial charge on any atom is 0.341 e. The van der Waals surface area contributed by atoms with E-state index in [9.17, 15) is 14.4 Å². The lowest BCUT2D eigenvalue weighted by atomic mass is 10.1. The summed E-state index contributed by atoms with van der Waals surface area (Å²) < 4.78 is 8.13. The van der Waals surface area contributed by atoms with E-state index in [2.05, 4.69) is 10.3 Å². The Morgan fingerprint density at radius 3 is 2.79 bits per heavy atom. The number of benzene rings is 1. The molecule has 1 N–H and O–H groups in total. The molecule has 0 aliphatic heterocycles. The Labute approximate surface area is 214 Å². The Hall–Kier alpha value is -2.14. The van der Waals surface area contributed by atoms with Crippen molar-refractivity contribution in [3.63, 3.8) is 0 Å². The van der Waals surface area contributed by atoms with Crippen LogP contribution < -0.4 is 10.1 Å². The number of nitrogens with zero attached hydrogens (tertiary/aromatic N) is 2. The van der Waals surface area contributed by atoms with E-state index in [-0.39, 0.29) is 29.9 Å². The second-order valence-electron chi connectivity index (χ2n) is 7.57. The molecule has 0 spiro atoms. The minimum Gasteiger partial charge on any atom is -0.462 e. The van der Waals surface area contributed by atoms with Gasteiger partial charge in [-0.2, -0.15) is 4.99 Å². The molecule has 0 fully saturated rings. The summed E-state index contributed by atoms with van der Waals surface area (Å²) in [5.41, 5.74) is 2.46. The molecular formula is C23H24ClN3O4S3. The zero-order valence-electron chi connectivity index (χ0n) is 18.8. The van der Waals surface area contributed by atoms with E-state index in [1.165, 1.54) is 34.4 Å². The van der Waals surface area contributed by atoms with Gasteiger partial charge in [-0.05, 0) is 56.9 Å². The van der Waals surface area contributed by atoms with Crippen molar-refractivity contribution in [3.8, 4) is 0 Å². The first-order valence-corrected chi connectivity index (χ1v) is 14.1. The topological polar surface area (TPSA) is 89.8 Å². The van der Waals surface area contributed by atoms with Crippen LogP contribution in [0.2, 0.25) is 5.02 Å². The van der Waals surface area contributed by atoms with E-state index in [1.807, 2.05) is 29.7 Å². The molecule has 0 bridgehead atoms. The molecule has 1 aliphatic rings. The number of aryl methyl sites for hydroxylation is 2. The number of thiazole rings is 1. The van der Waals surface area contributed by atoms with Gasteiger partial charge in [-0.15, -0.1) is 23.1 Å². The van der Waals surface area contributed by atoms with Gasteiger partial charge in [0.15, 0.2) is 4.80 Å². The summed E-state index contributed by atoms with van der Waals surface area (Å²) in [7, 11) is 0. The highest BCUT2D eigenvalue weighted by Crippen LogP contribution is 2.39. The van der Waals surface area contributed by atoms with Crippen molar-refractivity contribution in [2.24, 2.45) is 4.99 Å². The second-order valence-corrected chi connectivity index (χ2v) is 11.1. The number of hydrogen-bond acceptors (Lipinski definition) is 7. The molecule has 2 amide bonds. The van der Waals surface area contributed by atoms with Crippen molar-refractivity contribution in [2.75, 3.05) is 23.4 Å². The number of ether oxygens (including phenoxy) is 1. The molecule has 0 saturated carbocycles. The lowest BCUT2D eigenvalue weighted by Gasteiger charge is -2.07. The SMILES string of the molecule is CCOC(=O)c1c(NC(=O)CSCC(=O)N=c2sc3cc(Cl)ccc3n2CC)sc2c1CCC2. The molecule has 2 aromatic heterocycles. The molecule has 11 heteroatoms.